The number of aliphatic hydroxyl groups excluding tert-OH is 3. The van der Waals surface area contributed by atoms with Gasteiger partial charge in [0, 0.05) is 6.61 Å². The predicted octanol–water partition coefficient (Wildman–Crippen LogP) is 5.74. The largest absolute Gasteiger partial charge is 0.396 e. The fourth-order valence-corrected chi connectivity index (χ4v) is 8.79. The summed E-state index contributed by atoms with van der Waals surface area (Å²) in [7, 11) is 0. The summed E-state index contributed by atoms with van der Waals surface area (Å²) in [6.45, 7) is 12.1. The van der Waals surface area contributed by atoms with Gasteiger partial charge in [0.1, 0.15) is 0 Å². The van der Waals surface area contributed by atoms with Crippen LogP contribution in [0.3, 0.4) is 0 Å². The van der Waals surface area contributed by atoms with Gasteiger partial charge >= 0.3 is 0 Å². The summed E-state index contributed by atoms with van der Waals surface area (Å²) in [6.07, 6.45) is 15.0. The van der Waals surface area contributed by atoms with Crippen molar-refractivity contribution in [3.63, 3.8) is 0 Å². The first-order valence-corrected chi connectivity index (χ1v) is 13.5. The number of fused-ring (bicyclic) bond motifs is 5. The van der Waals surface area contributed by atoms with Gasteiger partial charge in [-0.05, 0) is 104 Å². The molecule has 0 spiro atoms. The fourth-order valence-electron chi connectivity index (χ4n) is 8.79. The fraction of sp³-hybridized carbons (Fsp3) is 0.862. The lowest BCUT2D eigenvalue weighted by molar-refractivity contribution is -0.0950. The van der Waals surface area contributed by atoms with Crippen LogP contribution in [0.1, 0.15) is 86.0 Å². The van der Waals surface area contributed by atoms with Gasteiger partial charge in [0.2, 0.25) is 0 Å². The van der Waals surface area contributed by atoms with Gasteiger partial charge < -0.3 is 15.3 Å². The SMILES string of the molecule is CC(C)[C@@H](/C=C/[C@@H](C)[C@H]1CC[C@H]2[C@@H]3[C@H](O)C=C4C[C@@H](O)CC[C@]4(C)[C@H]3CC[C@]12C)CCO. The molecule has 0 aliphatic heterocycles. The minimum Gasteiger partial charge on any atom is -0.396 e. The summed E-state index contributed by atoms with van der Waals surface area (Å²) >= 11 is 0. The highest BCUT2D eigenvalue weighted by atomic mass is 16.3. The Labute approximate surface area is 196 Å². The zero-order valence-corrected chi connectivity index (χ0v) is 21.1. The van der Waals surface area contributed by atoms with E-state index in [1.807, 2.05) is 0 Å². The molecule has 4 rings (SSSR count). The van der Waals surface area contributed by atoms with E-state index in [1.165, 1.54) is 31.3 Å². The van der Waals surface area contributed by atoms with Crippen molar-refractivity contribution in [1.82, 2.24) is 0 Å². The molecule has 3 saturated carbocycles. The van der Waals surface area contributed by atoms with Crippen molar-refractivity contribution in [3.8, 4) is 0 Å². The van der Waals surface area contributed by atoms with Crippen LogP contribution < -0.4 is 0 Å². The Morgan fingerprint density at radius 1 is 1.00 bits per heavy atom. The zero-order valence-electron chi connectivity index (χ0n) is 21.1. The second-order valence-corrected chi connectivity index (χ2v) is 12.7. The van der Waals surface area contributed by atoms with E-state index in [1.54, 1.807) is 0 Å². The summed E-state index contributed by atoms with van der Waals surface area (Å²) in [4.78, 5) is 0. The maximum atomic E-state index is 11.3. The van der Waals surface area contributed by atoms with Crippen molar-refractivity contribution in [2.45, 2.75) is 98.2 Å². The average Bonchev–Trinajstić information content (AvgIpc) is 3.09. The minimum absolute atomic E-state index is 0.169. The molecule has 0 aromatic rings. The molecule has 0 amide bonds. The molecule has 0 radical (unpaired) electrons. The highest BCUT2D eigenvalue weighted by molar-refractivity contribution is 5.28. The topological polar surface area (TPSA) is 60.7 Å². The first-order valence-electron chi connectivity index (χ1n) is 13.5. The van der Waals surface area contributed by atoms with Gasteiger partial charge in [0.25, 0.3) is 0 Å². The second kappa shape index (κ2) is 9.19. The van der Waals surface area contributed by atoms with Crippen LogP contribution in [0.5, 0.6) is 0 Å². The number of allylic oxidation sites excluding steroid dienone is 2. The molecule has 10 atom stereocenters. The highest BCUT2D eigenvalue weighted by Crippen LogP contribution is 2.67. The Kier molecular flexibility index (Phi) is 7.03. The van der Waals surface area contributed by atoms with Crippen molar-refractivity contribution in [3.05, 3.63) is 23.8 Å². The lowest BCUT2D eigenvalue weighted by Crippen LogP contribution is -2.54. The quantitative estimate of drug-likeness (QED) is 0.458. The number of rotatable bonds is 6. The Balaban J connectivity index is 1.55. The van der Waals surface area contributed by atoms with E-state index in [4.69, 9.17) is 0 Å². The van der Waals surface area contributed by atoms with Crippen LogP contribution in [0.2, 0.25) is 0 Å². The molecule has 182 valence electrons. The van der Waals surface area contributed by atoms with E-state index in [0.29, 0.717) is 46.8 Å². The van der Waals surface area contributed by atoms with Gasteiger partial charge in [-0.1, -0.05) is 58.4 Å². The number of hydrogen-bond acceptors (Lipinski definition) is 3. The lowest BCUT2D eigenvalue weighted by atomic mass is 9.46. The van der Waals surface area contributed by atoms with Crippen molar-refractivity contribution >= 4 is 0 Å². The summed E-state index contributed by atoms with van der Waals surface area (Å²) in [5.74, 6) is 3.74. The van der Waals surface area contributed by atoms with Crippen LogP contribution in [-0.2, 0) is 0 Å². The Bertz CT molecular complexity index is 726. The van der Waals surface area contributed by atoms with Crippen molar-refractivity contribution in [2.75, 3.05) is 6.61 Å². The van der Waals surface area contributed by atoms with Crippen LogP contribution >= 0.6 is 0 Å². The van der Waals surface area contributed by atoms with Gasteiger partial charge in [-0.25, -0.2) is 0 Å². The van der Waals surface area contributed by atoms with Gasteiger partial charge in [-0.2, -0.15) is 0 Å². The molecule has 3 nitrogen and oxygen atoms in total. The normalized spacial score (nSPS) is 45.8. The Hall–Kier alpha value is -0.640. The van der Waals surface area contributed by atoms with E-state index in [0.717, 1.165) is 25.7 Å². The smallest absolute Gasteiger partial charge is 0.0757 e. The lowest BCUT2D eigenvalue weighted by Gasteiger charge is -2.59. The van der Waals surface area contributed by atoms with Crippen LogP contribution in [0, 0.1) is 52.3 Å². The van der Waals surface area contributed by atoms with Crippen LogP contribution in [0.15, 0.2) is 23.8 Å². The molecule has 0 saturated heterocycles. The second-order valence-electron chi connectivity index (χ2n) is 12.7. The Morgan fingerprint density at radius 3 is 2.44 bits per heavy atom. The van der Waals surface area contributed by atoms with Crippen molar-refractivity contribution < 1.29 is 15.3 Å². The summed E-state index contributed by atoms with van der Waals surface area (Å²) in [5, 5.41) is 31.0. The monoisotopic (exact) mass is 444 g/mol. The molecule has 3 heteroatoms. The average molecular weight is 445 g/mol. The molecule has 3 fully saturated rings. The van der Waals surface area contributed by atoms with E-state index in [2.05, 4.69) is 52.8 Å². The third-order valence-corrected chi connectivity index (χ3v) is 10.8. The number of aliphatic hydroxyl groups is 3. The summed E-state index contributed by atoms with van der Waals surface area (Å²) < 4.78 is 0. The van der Waals surface area contributed by atoms with Gasteiger partial charge in [0.05, 0.1) is 12.2 Å². The molecule has 4 aliphatic rings. The molecule has 3 N–H and O–H groups in total. The van der Waals surface area contributed by atoms with E-state index in [9.17, 15) is 15.3 Å². The van der Waals surface area contributed by atoms with Crippen LogP contribution in [0.25, 0.3) is 0 Å². The first-order chi connectivity index (χ1) is 15.1. The molecular formula is C29H48O3. The maximum absolute atomic E-state index is 11.3. The van der Waals surface area contributed by atoms with Crippen molar-refractivity contribution in [2.24, 2.45) is 52.3 Å². The van der Waals surface area contributed by atoms with Gasteiger partial charge in [0.15, 0.2) is 0 Å². The molecule has 0 bridgehead atoms. The summed E-state index contributed by atoms with van der Waals surface area (Å²) in [5.41, 5.74) is 1.80. The van der Waals surface area contributed by atoms with E-state index in [-0.39, 0.29) is 24.2 Å². The number of hydrogen-bond donors (Lipinski definition) is 3. The van der Waals surface area contributed by atoms with Crippen LogP contribution in [0.4, 0.5) is 0 Å². The molecule has 0 heterocycles. The zero-order chi connectivity index (χ0) is 23.3. The van der Waals surface area contributed by atoms with E-state index < -0.39 is 0 Å². The highest BCUT2D eigenvalue weighted by Gasteiger charge is 2.61. The third-order valence-electron chi connectivity index (χ3n) is 10.8. The van der Waals surface area contributed by atoms with Gasteiger partial charge in [-0.3, -0.25) is 0 Å². The molecule has 4 aliphatic carbocycles. The third kappa shape index (κ3) is 4.05. The molecular weight excluding hydrogens is 396 g/mol. The summed E-state index contributed by atoms with van der Waals surface area (Å²) in [6, 6.07) is 0. The maximum Gasteiger partial charge on any atom is 0.0757 e. The molecule has 0 unspecified atom stereocenters. The molecule has 0 aromatic carbocycles. The standard InChI is InChI=1S/C29H48O3/c1-18(2)20(12-15-30)7-6-19(3)23-8-9-24-27-25(11-14-29(23,24)5)28(4)13-10-22(31)16-21(28)17-26(27)32/h6-7,17-20,22-27,30-32H,8-16H2,1-5H3/b7-6+/t19-,20+,22+,23-,24+,25+,26-,27+,28+,29-/m1/s1. The first kappa shape index (κ1) is 24.5. The molecule has 0 aromatic heterocycles. The van der Waals surface area contributed by atoms with E-state index >= 15 is 0 Å². The molecule has 32 heavy (non-hydrogen) atoms. The predicted molar refractivity (Wildman–Crippen MR) is 131 cm³/mol. The van der Waals surface area contributed by atoms with Gasteiger partial charge in [-0.15, -0.1) is 0 Å². The Morgan fingerprint density at radius 2 is 1.75 bits per heavy atom. The van der Waals surface area contributed by atoms with Crippen LogP contribution in [-0.4, -0.2) is 34.1 Å². The minimum atomic E-state index is -0.350. The van der Waals surface area contributed by atoms with Crippen molar-refractivity contribution in [1.29, 1.82) is 0 Å².